The van der Waals surface area contributed by atoms with E-state index in [1.165, 1.54) is 0 Å². The first-order valence-corrected chi connectivity index (χ1v) is 6.16. The third-order valence-corrected chi connectivity index (χ3v) is 3.26. The van der Waals surface area contributed by atoms with Crippen molar-refractivity contribution in [1.82, 2.24) is 4.90 Å². The van der Waals surface area contributed by atoms with Gasteiger partial charge in [-0.1, -0.05) is 23.7 Å². The second kappa shape index (κ2) is 5.88. The molecule has 0 aliphatic rings. The molecule has 0 unspecified atom stereocenters. The maximum absolute atomic E-state index is 12.3. The van der Waals surface area contributed by atoms with Crippen molar-refractivity contribution in [3.05, 3.63) is 34.9 Å². The highest BCUT2D eigenvalue weighted by Crippen LogP contribution is 2.26. The fraction of sp³-hybridized carbons (Fsp3) is 0.429. The molecule has 0 spiro atoms. The monoisotopic (exact) mass is 264 g/mol. The lowest BCUT2D eigenvalue weighted by atomic mass is 9.83. The Balaban J connectivity index is 2.89. The molecular formula is C14H17ClN2O. The van der Waals surface area contributed by atoms with Gasteiger partial charge in [0.05, 0.1) is 17.9 Å². The summed E-state index contributed by atoms with van der Waals surface area (Å²) in [4.78, 5) is 13.9. The van der Waals surface area contributed by atoms with Gasteiger partial charge < -0.3 is 4.90 Å². The molecule has 0 bridgehead atoms. The number of nitrogens with zero attached hydrogens (tertiary/aromatic N) is 2. The van der Waals surface area contributed by atoms with E-state index in [0.717, 1.165) is 5.56 Å². The number of nitriles is 1. The minimum absolute atomic E-state index is 0.0000671. The first-order chi connectivity index (χ1) is 8.39. The molecule has 3 nitrogen and oxygen atoms in total. The fourth-order valence-electron chi connectivity index (χ4n) is 1.79. The van der Waals surface area contributed by atoms with Crippen LogP contribution in [0.4, 0.5) is 0 Å². The van der Waals surface area contributed by atoms with E-state index in [9.17, 15) is 4.79 Å². The second-order valence-electron chi connectivity index (χ2n) is 4.77. The van der Waals surface area contributed by atoms with Crippen LogP contribution in [0.25, 0.3) is 0 Å². The standard InChI is InChI=1S/C14H17ClN2O/c1-14(2,11-5-7-12(15)8-6-11)13(18)17(3)10-4-9-16/h5-8H,4,10H2,1-3H3. The van der Waals surface area contributed by atoms with Crippen molar-refractivity contribution in [3.8, 4) is 6.07 Å². The first-order valence-electron chi connectivity index (χ1n) is 5.78. The summed E-state index contributed by atoms with van der Waals surface area (Å²) >= 11 is 5.84. The van der Waals surface area contributed by atoms with Gasteiger partial charge in [0.1, 0.15) is 0 Å². The molecule has 96 valence electrons. The summed E-state index contributed by atoms with van der Waals surface area (Å²) in [6.45, 7) is 4.20. The molecule has 0 radical (unpaired) electrons. The lowest BCUT2D eigenvalue weighted by Gasteiger charge is -2.29. The zero-order valence-electron chi connectivity index (χ0n) is 10.9. The largest absolute Gasteiger partial charge is 0.344 e. The third kappa shape index (κ3) is 3.24. The van der Waals surface area contributed by atoms with Crippen molar-refractivity contribution < 1.29 is 4.79 Å². The van der Waals surface area contributed by atoms with Gasteiger partial charge in [0, 0.05) is 18.6 Å². The van der Waals surface area contributed by atoms with Gasteiger partial charge in [-0.25, -0.2) is 0 Å². The van der Waals surface area contributed by atoms with Gasteiger partial charge in [0.25, 0.3) is 0 Å². The Bertz CT molecular complexity index is 460. The number of rotatable bonds is 4. The Morgan fingerprint density at radius 2 is 1.94 bits per heavy atom. The van der Waals surface area contributed by atoms with Crippen molar-refractivity contribution in [2.45, 2.75) is 25.7 Å². The Labute approximate surface area is 113 Å². The molecule has 0 saturated heterocycles. The Kier molecular flexibility index (Phi) is 4.75. The van der Waals surface area contributed by atoms with E-state index in [4.69, 9.17) is 16.9 Å². The molecule has 0 aliphatic heterocycles. The summed E-state index contributed by atoms with van der Waals surface area (Å²) in [5, 5.41) is 9.20. The Morgan fingerprint density at radius 1 is 1.39 bits per heavy atom. The molecule has 0 aromatic heterocycles. The van der Waals surface area contributed by atoms with Crippen LogP contribution in [0, 0.1) is 11.3 Å². The predicted molar refractivity (Wildman–Crippen MR) is 72.3 cm³/mol. The normalized spacial score (nSPS) is 10.8. The summed E-state index contributed by atoms with van der Waals surface area (Å²) in [5.74, 6) is 0.0000671. The van der Waals surface area contributed by atoms with Gasteiger partial charge in [0.2, 0.25) is 5.91 Å². The minimum Gasteiger partial charge on any atom is -0.344 e. The van der Waals surface area contributed by atoms with Crippen LogP contribution < -0.4 is 0 Å². The number of halogens is 1. The topological polar surface area (TPSA) is 44.1 Å². The fourth-order valence-corrected chi connectivity index (χ4v) is 1.91. The summed E-state index contributed by atoms with van der Waals surface area (Å²) in [6.07, 6.45) is 0.346. The van der Waals surface area contributed by atoms with E-state index in [0.29, 0.717) is 18.0 Å². The van der Waals surface area contributed by atoms with E-state index in [1.807, 2.05) is 32.0 Å². The molecule has 1 rings (SSSR count). The lowest BCUT2D eigenvalue weighted by molar-refractivity contribution is -0.134. The number of benzene rings is 1. The molecule has 1 amide bonds. The quantitative estimate of drug-likeness (QED) is 0.839. The highest BCUT2D eigenvalue weighted by atomic mass is 35.5. The van der Waals surface area contributed by atoms with Gasteiger partial charge in [-0.05, 0) is 31.5 Å². The van der Waals surface area contributed by atoms with Crippen molar-refractivity contribution in [2.75, 3.05) is 13.6 Å². The molecule has 0 fully saturated rings. The van der Waals surface area contributed by atoms with Gasteiger partial charge in [0.15, 0.2) is 0 Å². The van der Waals surface area contributed by atoms with E-state index in [-0.39, 0.29) is 5.91 Å². The highest BCUT2D eigenvalue weighted by molar-refractivity contribution is 6.30. The molecule has 0 saturated carbocycles. The van der Waals surface area contributed by atoms with Crippen LogP contribution in [0.1, 0.15) is 25.8 Å². The maximum atomic E-state index is 12.3. The summed E-state index contributed by atoms with van der Waals surface area (Å²) in [7, 11) is 1.72. The zero-order valence-corrected chi connectivity index (χ0v) is 11.7. The number of hydrogen-bond acceptors (Lipinski definition) is 2. The number of carbonyl (C=O) groups is 1. The van der Waals surface area contributed by atoms with Crippen molar-refractivity contribution >= 4 is 17.5 Å². The summed E-state index contributed by atoms with van der Waals surface area (Å²) < 4.78 is 0. The minimum atomic E-state index is -0.616. The van der Waals surface area contributed by atoms with Crippen LogP contribution in [-0.2, 0) is 10.2 Å². The first kappa shape index (κ1) is 14.5. The smallest absolute Gasteiger partial charge is 0.232 e. The molecule has 0 aliphatic carbocycles. The lowest BCUT2D eigenvalue weighted by Crippen LogP contribution is -2.41. The number of amides is 1. The van der Waals surface area contributed by atoms with Crippen LogP contribution >= 0.6 is 11.6 Å². The summed E-state index contributed by atoms with van der Waals surface area (Å²) in [6, 6.07) is 9.32. The molecule has 0 atom stereocenters. The van der Waals surface area contributed by atoms with E-state index in [1.54, 1.807) is 24.1 Å². The van der Waals surface area contributed by atoms with Crippen molar-refractivity contribution in [2.24, 2.45) is 0 Å². The molecule has 4 heteroatoms. The molecule has 1 aromatic rings. The third-order valence-electron chi connectivity index (χ3n) is 3.01. The van der Waals surface area contributed by atoms with Gasteiger partial charge >= 0.3 is 0 Å². The van der Waals surface area contributed by atoms with Crippen molar-refractivity contribution in [1.29, 1.82) is 5.26 Å². The van der Waals surface area contributed by atoms with Crippen LogP contribution in [-0.4, -0.2) is 24.4 Å². The highest BCUT2D eigenvalue weighted by Gasteiger charge is 2.32. The maximum Gasteiger partial charge on any atom is 0.232 e. The molecule has 18 heavy (non-hydrogen) atoms. The van der Waals surface area contributed by atoms with E-state index in [2.05, 4.69) is 0 Å². The van der Waals surface area contributed by atoms with Crippen LogP contribution in [0.3, 0.4) is 0 Å². The second-order valence-corrected chi connectivity index (χ2v) is 5.20. The van der Waals surface area contributed by atoms with Crippen molar-refractivity contribution in [3.63, 3.8) is 0 Å². The molecular weight excluding hydrogens is 248 g/mol. The van der Waals surface area contributed by atoms with Gasteiger partial charge in [-0.3, -0.25) is 4.79 Å². The Hall–Kier alpha value is -1.53. The van der Waals surface area contributed by atoms with E-state index >= 15 is 0 Å². The number of carbonyl (C=O) groups excluding carboxylic acids is 1. The zero-order chi connectivity index (χ0) is 13.8. The van der Waals surface area contributed by atoms with Gasteiger partial charge in [-0.15, -0.1) is 0 Å². The predicted octanol–water partition coefficient (Wildman–Crippen LogP) is 2.99. The SMILES string of the molecule is CN(CCC#N)C(=O)C(C)(C)c1ccc(Cl)cc1. The number of likely N-dealkylation sites (N-methyl/N-ethyl adjacent to an activating group) is 1. The average molecular weight is 265 g/mol. The number of hydrogen-bond donors (Lipinski definition) is 0. The van der Waals surface area contributed by atoms with Crippen LogP contribution in [0.15, 0.2) is 24.3 Å². The Morgan fingerprint density at radius 3 is 2.44 bits per heavy atom. The molecule has 1 aromatic carbocycles. The van der Waals surface area contributed by atoms with Crippen LogP contribution in [0.2, 0.25) is 5.02 Å². The van der Waals surface area contributed by atoms with Crippen LogP contribution in [0.5, 0.6) is 0 Å². The molecule has 0 heterocycles. The molecule has 0 N–H and O–H groups in total. The van der Waals surface area contributed by atoms with Gasteiger partial charge in [-0.2, -0.15) is 5.26 Å². The summed E-state index contributed by atoms with van der Waals surface area (Å²) in [5.41, 5.74) is 0.301. The average Bonchev–Trinajstić information content (AvgIpc) is 2.35. The van der Waals surface area contributed by atoms with E-state index < -0.39 is 5.41 Å².